The van der Waals surface area contributed by atoms with E-state index >= 15 is 0 Å². The maximum Gasteiger partial charge on any atom is 0.0704 e. The summed E-state index contributed by atoms with van der Waals surface area (Å²) in [7, 11) is 0. The van der Waals surface area contributed by atoms with Gasteiger partial charge in [0.25, 0.3) is 0 Å². The second-order valence-corrected chi connectivity index (χ2v) is 14.6. The first-order valence-corrected chi connectivity index (χ1v) is 18.6. The van der Waals surface area contributed by atoms with Crippen LogP contribution in [0.4, 0.5) is 0 Å². The Labute approximate surface area is 298 Å². The second-order valence-electron chi connectivity index (χ2n) is 14.6. The molecule has 1 fully saturated rings. The van der Waals surface area contributed by atoms with E-state index in [1.807, 2.05) is 0 Å². The van der Waals surface area contributed by atoms with Crippen LogP contribution in [0.15, 0.2) is 134 Å². The van der Waals surface area contributed by atoms with Crippen LogP contribution in [-0.4, -0.2) is 15.0 Å². The summed E-state index contributed by atoms with van der Waals surface area (Å²) in [5.41, 5.74) is 13.4. The Hall–Kier alpha value is -4.89. The first-order valence-electron chi connectivity index (χ1n) is 18.6. The zero-order chi connectivity index (χ0) is 34.1. The van der Waals surface area contributed by atoms with Crippen LogP contribution in [-0.2, 0) is 19.3 Å². The summed E-state index contributed by atoms with van der Waals surface area (Å²) in [4.78, 5) is 14.6. The highest BCUT2D eigenvalue weighted by molar-refractivity contribution is 5.64. The second kappa shape index (κ2) is 16.2. The Morgan fingerprint density at radius 2 is 0.800 bits per heavy atom. The third-order valence-electron chi connectivity index (χ3n) is 10.9. The van der Waals surface area contributed by atoms with Gasteiger partial charge in [0.15, 0.2) is 0 Å². The van der Waals surface area contributed by atoms with Crippen molar-refractivity contribution in [1.29, 1.82) is 0 Å². The van der Waals surface area contributed by atoms with Crippen LogP contribution in [0.1, 0.15) is 66.3 Å². The number of hydrogen-bond donors (Lipinski definition) is 0. The van der Waals surface area contributed by atoms with Crippen LogP contribution in [0, 0.1) is 31.6 Å². The maximum atomic E-state index is 4.87. The molecule has 1 saturated carbocycles. The third-order valence-corrected chi connectivity index (χ3v) is 10.9. The standard InChI is InChI=1S/C47H49N3/c1-34-10-6-8-14-43(34)46-26-23-37(32-49-46)17-20-40-28-39(19-16-36-22-25-45(48-31-36)42-12-4-3-5-13-42)29-41(30-40)21-18-38-24-27-47(50-33-38)44-15-9-7-11-35(44)2/h3-15,22-27,31-33,39-41H,16-21,28-30H2,1-2H3/t39-,40+,41-. The van der Waals surface area contributed by atoms with Crippen molar-refractivity contribution in [3.05, 3.63) is 162 Å². The molecule has 6 aromatic rings. The zero-order valence-electron chi connectivity index (χ0n) is 29.6. The van der Waals surface area contributed by atoms with E-state index in [0.717, 1.165) is 54.1 Å². The molecule has 3 heterocycles. The largest absolute Gasteiger partial charge is 0.256 e. The van der Waals surface area contributed by atoms with Crippen molar-refractivity contribution in [2.75, 3.05) is 0 Å². The number of aromatic nitrogens is 3. The zero-order valence-corrected chi connectivity index (χ0v) is 29.6. The molecular weight excluding hydrogens is 607 g/mol. The highest BCUT2D eigenvalue weighted by atomic mass is 14.7. The van der Waals surface area contributed by atoms with Crippen molar-refractivity contribution in [2.45, 2.75) is 71.6 Å². The van der Waals surface area contributed by atoms with Gasteiger partial charge in [-0.3, -0.25) is 15.0 Å². The van der Waals surface area contributed by atoms with E-state index < -0.39 is 0 Å². The monoisotopic (exact) mass is 655 g/mol. The molecule has 0 N–H and O–H groups in total. The minimum absolute atomic E-state index is 0.745. The fourth-order valence-corrected chi connectivity index (χ4v) is 8.06. The lowest BCUT2D eigenvalue weighted by molar-refractivity contribution is 0.172. The van der Waals surface area contributed by atoms with E-state index in [9.17, 15) is 0 Å². The third kappa shape index (κ3) is 8.63. The summed E-state index contributed by atoms with van der Waals surface area (Å²) in [5, 5.41) is 0. The van der Waals surface area contributed by atoms with E-state index in [4.69, 9.17) is 15.0 Å². The van der Waals surface area contributed by atoms with Gasteiger partial charge in [0.2, 0.25) is 0 Å². The van der Waals surface area contributed by atoms with Crippen LogP contribution >= 0.6 is 0 Å². The summed E-state index contributed by atoms with van der Waals surface area (Å²) >= 11 is 0. The lowest BCUT2D eigenvalue weighted by atomic mass is 9.70. The Morgan fingerprint density at radius 3 is 1.18 bits per heavy atom. The maximum absolute atomic E-state index is 4.87. The number of hydrogen-bond acceptors (Lipinski definition) is 3. The molecule has 7 rings (SSSR count). The van der Waals surface area contributed by atoms with E-state index in [-0.39, 0.29) is 0 Å². The van der Waals surface area contributed by atoms with Gasteiger partial charge in [0, 0.05) is 35.3 Å². The normalized spacial score (nSPS) is 17.4. The highest BCUT2D eigenvalue weighted by Gasteiger charge is 2.28. The predicted octanol–water partition coefficient (Wildman–Crippen LogP) is 11.7. The Balaban J connectivity index is 0.991. The minimum atomic E-state index is 0.745. The fraction of sp³-hybridized carbons (Fsp3) is 0.298. The molecule has 1 aliphatic rings. The topological polar surface area (TPSA) is 38.7 Å². The first kappa shape index (κ1) is 33.6. The van der Waals surface area contributed by atoms with Gasteiger partial charge in [-0.2, -0.15) is 0 Å². The van der Waals surface area contributed by atoms with E-state index in [2.05, 4.69) is 148 Å². The molecule has 0 saturated heterocycles. The molecule has 252 valence electrons. The molecule has 1 aliphatic carbocycles. The Kier molecular flexibility index (Phi) is 10.9. The van der Waals surface area contributed by atoms with Gasteiger partial charge in [-0.05, 0) is 135 Å². The average molecular weight is 656 g/mol. The lowest BCUT2D eigenvalue weighted by Crippen LogP contribution is -2.24. The summed E-state index contributed by atoms with van der Waals surface area (Å²) in [6, 6.07) is 41.0. The predicted molar refractivity (Wildman–Crippen MR) is 208 cm³/mol. The minimum Gasteiger partial charge on any atom is -0.256 e. The molecule has 50 heavy (non-hydrogen) atoms. The van der Waals surface area contributed by atoms with Gasteiger partial charge in [-0.15, -0.1) is 0 Å². The number of aryl methyl sites for hydroxylation is 5. The summed E-state index contributed by atoms with van der Waals surface area (Å²) in [5.74, 6) is 2.24. The molecule has 3 aromatic carbocycles. The number of rotatable bonds is 12. The summed E-state index contributed by atoms with van der Waals surface area (Å²) in [6.45, 7) is 4.32. The first-order chi connectivity index (χ1) is 24.6. The number of benzene rings is 3. The fourth-order valence-electron chi connectivity index (χ4n) is 8.06. The molecule has 3 aromatic heterocycles. The molecular formula is C47H49N3. The van der Waals surface area contributed by atoms with Gasteiger partial charge < -0.3 is 0 Å². The molecule has 3 heteroatoms. The van der Waals surface area contributed by atoms with Crippen molar-refractivity contribution >= 4 is 0 Å². The van der Waals surface area contributed by atoms with E-state index in [1.54, 1.807) is 0 Å². The molecule has 0 aliphatic heterocycles. The summed E-state index contributed by atoms with van der Waals surface area (Å²) < 4.78 is 0. The van der Waals surface area contributed by atoms with Crippen LogP contribution in [0.25, 0.3) is 33.8 Å². The van der Waals surface area contributed by atoms with Crippen LogP contribution in [0.2, 0.25) is 0 Å². The Morgan fingerprint density at radius 1 is 0.420 bits per heavy atom. The van der Waals surface area contributed by atoms with Crippen LogP contribution in [0.3, 0.4) is 0 Å². The van der Waals surface area contributed by atoms with E-state index in [1.165, 1.54) is 83.0 Å². The smallest absolute Gasteiger partial charge is 0.0704 e. The van der Waals surface area contributed by atoms with Crippen molar-refractivity contribution in [3.8, 4) is 33.8 Å². The van der Waals surface area contributed by atoms with Crippen LogP contribution < -0.4 is 0 Å². The van der Waals surface area contributed by atoms with Gasteiger partial charge in [-0.25, -0.2) is 0 Å². The summed E-state index contributed by atoms with van der Waals surface area (Å²) in [6.07, 6.45) is 17.3. The quantitative estimate of drug-likeness (QED) is 0.132. The molecule has 0 unspecified atom stereocenters. The highest BCUT2D eigenvalue weighted by Crippen LogP contribution is 2.40. The number of nitrogens with zero attached hydrogens (tertiary/aromatic N) is 3. The molecule has 0 amide bonds. The molecule has 0 radical (unpaired) electrons. The SMILES string of the molecule is Cc1ccccc1-c1ccc(CC[C@@H]2C[C@H](CCc3ccc(-c4ccccc4)nc3)C[C@H](CCc3ccc(-c4ccccc4C)nc3)C2)cn1. The molecule has 3 atom stereocenters. The average Bonchev–Trinajstić information content (AvgIpc) is 3.17. The lowest BCUT2D eigenvalue weighted by Gasteiger charge is -2.35. The van der Waals surface area contributed by atoms with Crippen LogP contribution in [0.5, 0.6) is 0 Å². The van der Waals surface area contributed by atoms with Crippen molar-refractivity contribution in [2.24, 2.45) is 17.8 Å². The van der Waals surface area contributed by atoms with Crippen molar-refractivity contribution in [3.63, 3.8) is 0 Å². The van der Waals surface area contributed by atoms with E-state index in [0.29, 0.717) is 0 Å². The van der Waals surface area contributed by atoms with Gasteiger partial charge in [0.1, 0.15) is 0 Å². The Bertz CT molecular complexity index is 1850. The molecule has 0 spiro atoms. The van der Waals surface area contributed by atoms with Gasteiger partial charge in [-0.1, -0.05) is 97.1 Å². The van der Waals surface area contributed by atoms with Crippen molar-refractivity contribution in [1.82, 2.24) is 15.0 Å². The molecule has 0 bridgehead atoms. The van der Waals surface area contributed by atoms with Gasteiger partial charge >= 0.3 is 0 Å². The van der Waals surface area contributed by atoms with Crippen molar-refractivity contribution < 1.29 is 0 Å². The van der Waals surface area contributed by atoms with Gasteiger partial charge in [0.05, 0.1) is 17.1 Å². The number of pyridine rings is 3. The molecule has 3 nitrogen and oxygen atoms in total.